The van der Waals surface area contributed by atoms with Gasteiger partial charge >= 0.3 is 0 Å². The number of hydrogen-bond donors (Lipinski definition) is 0. The fourth-order valence-corrected chi connectivity index (χ4v) is 10.2. The molecule has 2 aromatic heterocycles. The Balaban J connectivity index is 1.14. The van der Waals surface area contributed by atoms with E-state index in [2.05, 4.69) is 216 Å². The average Bonchev–Trinajstić information content (AvgIpc) is 3.83. The molecule has 0 amide bonds. The van der Waals surface area contributed by atoms with E-state index in [0.717, 1.165) is 22.7 Å². The monoisotopic (exact) mass is 742 g/mol. The van der Waals surface area contributed by atoms with Crippen molar-refractivity contribution in [2.75, 3.05) is 4.90 Å². The predicted octanol–water partition coefficient (Wildman–Crippen LogP) is 15.7. The Hall–Kier alpha value is -7.20. The van der Waals surface area contributed by atoms with Crippen molar-refractivity contribution < 1.29 is 0 Å². The Labute approximate surface area is 333 Å². The van der Waals surface area contributed by atoms with Crippen molar-refractivity contribution in [1.29, 1.82) is 0 Å². The minimum absolute atomic E-state index is 1.10. The average molecular weight is 743 g/mol. The smallest absolute Gasteiger partial charge is 0.0782 e. The van der Waals surface area contributed by atoms with Crippen LogP contribution in [0.2, 0.25) is 0 Å². The zero-order valence-corrected chi connectivity index (χ0v) is 31.7. The predicted molar refractivity (Wildman–Crippen MR) is 246 cm³/mol. The van der Waals surface area contributed by atoms with Crippen molar-refractivity contribution in [3.05, 3.63) is 206 Å². The summed E-state index contributed by atoms with van der Waals surface area (Å²) in [5, 5.41) is 12.6. The van der Waals surface area contributed by atoms with Crippen LogP contribution in [0.15, 0.2) is 206 Å². The van der Waals surface area contributed by atoms with Gasteiger partial charge in [-0.2, -0.15) is 0 Å². The molecule has 3 heteroatoms. The zero-order chi connectivity index (χ0) is 37.5. The summed E-state index contributed by atoms with van der Waals surface area (Å²) >= 11 is 1.86. The third-order valence-electron chi connectivity index (χ3n) is 11.7. The Kier molecular flexibility index (Phi) is 7.13. The molecule has 0 N–H and O–H groups in total. The summed E-state index contributed by atoms with van der Waals surface area (Å²) in [5.74, 6) is 0. The van der Waals surface area contributed by atoms with E-state index in [-0.39, 0.29) is 0 Å². The Morgan fingerprint density at radius 3 is 1.89 bits per heavy atom. The molecule has 0 radical (unpaired) electrons. The van der Waals surface area contributed by atoms with Gasteiger partial charge in [0.15, 0.2) is 0 Å². The highest BCUT2D eigenvalue weighted by Crippen LogP contribution is 2.46. The molecule has 2 nitrogen and oxygen atoms in total. The second kappa shape index (κ2) is 12.7. The lowest BCUT2D eigenvalue weighted by molar-refractivity contribution is 1.17. The highest BCUT2D eigenvalue weighted by Gasteiger charge is 2.22. The van der Waals surface area contributed by atoms with E-state index in [0.29, 0.717) is 0 Å². The van der Waals surface area contributed by atoms with Gasteiger partial charge < -0.3 is 9.47 Å². The molecule has 10 aromatic carbocycles. The van der Waals surface area contributed by atoms with E-state index in [4.69, 9.17) is 0 Å². The standard InChI is InChI=1S/C54H34N2S/c1-2-14-39(15-3-1)56-50-21-8-6-18-45(50)47-20-11-22-51(54(47)56)55(41-28-24-36-26-29-43-42-17-5-4-12-35(42)25-30-44(43)48(36)34-41)40-16-10-13-37(32-40)38-27-31-53-49(33-38)46-19-7-9-23-52(46)57-53/h1-34H. The number of rotatable bonds is 5. The van der Waals surface area contributed by atoms with E-state index >= 15 is 0 Å². The van der Waals surface area contributed by atoms with Crippen LogP contribution in [0.5, 0.6) is 0 Å². The van der Waals surface area contributed by atoms with Gasteiger partial charge in [0.2, 0.25) is 0 Å². The van der Waals surface area contributed by atoms with E-state index in [9.17, 15) is 0 Å². The summed E-state index contributed by atoms with van der Waals surface area (Å²) in [5.41, 5.74) is 9.22. The first-order valence-corrected chi connectivity index (χ1v) is 20.3. The Bertz CT molecular complexity index is 3540. The van der Waals surface area contributed by atoms with Crippen LogP contribution in [0.1, 0.15) is 0 Å². The molecule has 0 unspecified atom stereocenters. The van der Waals surface area contributed by atoms with Crippen molar-refractivity contribution in [1.82, 2.24) is 4.57 Å². The van der Waals surface area contributed by atoms with Crippen molar-refractivity contribution in [3.63, 3.8) is 0 Å². The largest absolute Gasteiger partial charge is 0.308 e. The molecule has 12 rings (SSSR count). The van der Waals surface area contributed by atoms with Gasteiger partial charge in [-0.25, -0.2) is 0 Å². The number of para-hydroxylation sites is 3. The molecular formula is C54H34N2S. The number of nitrogens with zero attached hydrogens (tertiary/aromatic N) is 2. The van der Waals surface area contributed by atoms with Crippen molar-refractivity contribution in [2.24, 2.45) is 0 Å². The van der Waals surface area contributed by atoms with Crippen LogP contribution >= 0.6 is 11.3 Å². The highest BCUT2D eigenvalue weighted by atomic mass is 32.1. The Morgan fingerprint density at radius 2 is 1.00 bits per heavy atom. The first kappa shape index (κ1) is 32.1. The Morgan fingerprint density at radius 1 is 0.351 bits per heavy atom. The van der Waals surface area contributed by atoms with Gasteiger partial charge in [0.1, 0.15) is 0 Å². The second-order valence-electron chi connectivity index (χ2n) is 14.9. The summed E-state index contributed by atoms with van der Waals surface area (Å²) in [6.45, 7) is 0. The number of thiophene rings is 1. The van der Waals surface area contributed by atoms with Crippen LogP contribution in [0.4, 0.5) is 17.1 Å². The summed E-state index contributed by atoms with van der Waals surface area (Å²) in [7, 11) is 0. The van der Waals surface area contributed by atoms with Gasteiger partial charge in [0, 0.05) is 48.0 Å². The fraction of sp³-hybridized carbons (Fsp3) is 0. The van der Waals surface area contributed by atoms with Crippen LogP contribution in [0.25, 0.3) is 91.1 Å². The maximum absolute atomic E-state index is 2.47. The third kappa shape index (κ3) is 5.03. The SMILES string of the molecule is c1ccc(-n2c3ccccc3c3cccc(N(c4cccc(-c5ccc6sc7ccccc7c6c5)c4)c4ccc5ccc6c7ccccc7ccc6c5c4)c32)cc1. The molecule has 266 valence electrons. The van der Waals surface area contributed by atoms with Crippen molar-refractivity contribution in [3.8, 4) is 16.8 Å². The molecular weight excluding hydrogens is 709 g/mol. The van der Waals surface area contributed by atoms with Gasteiger partial charge in [-0.05, 0) is 110 Å². The van der Waals surface area contributed by atoms with Gasteiger partial charge in [-0.1, -0.05) is 140 Å². The van der Waals surface area contributed by atoms with Crippen LogP contribution in [-0.2, 0) is 0 Å². The third-order valence-corrected chi connectivity index (χ3v) is 12.9. The summed E-state index contributed by atoms with van der Waals surface area (Å²) in [6.07, 6.45) is 0. The molecule has 2 heterocycles. The molecule has 0 spiro atoms. The molecule has 0 aliphatic heterocycles. The van der Waals surface area contributed by atoms with Crippen molar-refractivity contribution >= 4 is 103 Å². The molecule has 0 atom stereocenters. The number of benzene rings is 10. The van der Waals surface area contributed by atoms with E-state index in [1.165, 1.54) is 85.4 Å². The van der Waals surface area contributed by atoms with Crippen LogP contribution in [0, 0.1) is 0 Å². The zero-order valence-electron chi connectivity index (χ0n) is 30.9. The maximum atomic E-state index is 2.47. The molecule has 0 fully saturated rings. The van der Waals surface area contributed by atoms with Crippen LogP contribution in [0.3, 0.4) is 0 Å². The minimum atomic E-state index is 1.10. The number of aromatic nitrogens is 1. The van der Waals surface area contributed by atoms with Gasteiger partial charge in [-0.3, -0.25) is 0 Å². The topological polar surface area (TPSA) is 8.17 Å². The number of anilines is 3. The second-order valence-corrected chi connectivity index (χ2v) is 16.0. The number of hydrogen-bond acceptors (Lipinski definition) is 2. The number of fused-ring (bicyclic) bond motifs is 11. The quantitative estimate of drug-likeness (QED) is 0.159. The minimum Gasteiger partial charge on any atom is -0.308 e. The van der Waals surface area contributed by atoms with E-state index in [1.54, 1.807) is 0 Å². The first-order valence-electron chi connectivity index (χ1n) is 19.5. The molecule has 57 heavy (non-hydrogen) atoms. The lowest BCUT2D eigenvalue weighted by Crippen LogP contribution is -2.12. The normalized spacial score (nSPS) is 11.9. The van der Waals surface area contributed by atoms with Crippen LogP contribution in [-0.4, -0.2) is 4.57 Å². The lowest BCUT2D eigenvalue weighted by atomic mass is 9.96. The van der Waals surface area contributed by atoms with Crippen molar-refractivity contribution in [2.45, 2.75) is 0 Å². The van der Waals surface area contributed by atoms with E-state index < -0.39 is 0 Å². The van der Waals surface area contributed by atoms with Gasteiger partial charge in [0.05, 0.1) is 16.7 Å². The fourth-order valence-electron chi connectivity index (χ4n) is 9.13. The molecule has 0 bridgehead atoms. The van der Waals surface area contributed by atoms with Crippen LogP contribution < -0.4 is 4.90 Å². The molecule has 12 aromatic rings. The lowest BCUT2D eigenvalue weighted by Gasteiger charge is -2.28. The maximum Gasteiger partial charge on any atom is 0.0782 e. The van der Waals surface area contributed by atoms with E-state index in [1.807, 2.05) is 11.3 Å². The molecule has 0 aliphatic rings. The summed E-state index contributed by atoms with van der Waals surface area (Å²) < 4.78 is 5.08. The summed E-state index contributed by atoms with van der Waals surface area (Å²) in [4.78, 5) is 2.47. The first-order chi connectivity index (χ1) is 28.3. The van der Waals surface area contributed by atoms with Gasteiger partial charge in [0.25, 0.3) is 0 Å². The highest BCUT2D eigenvalue weighted by molar-refractivity contribution is 7.25. The molecule has 0 aliphatic carbocycles. The summed E-state index contributed by atoms with van der Waals surface area (Å²) in [6, 6.07) is 75.9. The molecule has 0 saturated heterocycles. The van der Waals surface area contributed by atoms with Gasteiger partial charge in [-0.15, -0.1) is 11.3 Å². The molecule has 0 saturated carbocycles.